The molecule has 1 spiro atoms. The van der Waals surface area contributed by atoms with Gasteiger partial charge in [-0.15, -0.1) is 0 Å². The minimum absolute atomic E-state index is 0.0454. The molecule has 2 N–H and O–H groups in total. The third-order valence-electron chi connectivity index (χ3n) is 7.80. The summed E-state index contributed by atoms with van der Waals surface area (Å²) in [5, 5.41) is 2.24. The highest BCUT2D eigenvalue weighted by Gasteiger charge is 2.49. The number of ether oxygens (including phenoxy) is 2. The molecule has 0 unspecified atom stereocenters. The van der Waals surface area contributed by atoms with Gasteiger partial charge in [0, 0.05) is 29.6 Å². The van der Waals surface area contributed by atoms with Gasteiger partial charge >= 0.3 is 0 Å². The molecule has 2 aliphatic carbocycles. The Balaban J connectivity index is 1.49. The molecule has 3 atom stereocenters. The van der Waals surface area contributed by atoms with E-state index in [0.29, 0.717) is 42.3 Å². The number of likely N-dealkylation sites (tertiary alicyclic amines) is 1. The number of carbonyl (C=O) groups excluding carboxylic acids is 2. The molecule has 0 bridgehead atoms. The fraction of sp³-hybridized carbons (Fsp3) is 0.577. The van der Waals surface area contributed by atoms with Crippen LogP contribution in [0.15, 0.2) is 23.2 Å². The second-order valence-electron chi connectivity index (χ2n) is 10.1. The topological polar surface area (TPSA) is 121 Å². The molecule has 1 saturated heterocycles. The summed E-state index contributed by atoms with van der Waals surface area (Å²) in [7, 11) is 2.10. The number of hydrogen-bond donors (Lipinski definition) is 1. The number of nitrogens with two attached hydrogens (primary N) is 1. The van der Waals surface area contributed by atoms with Crippen molar-refractivity contribution in [3.63, 3.8) is 0 Å². The van der Waals surface area contributed by atoms with Crippen LogP contribution in [-0.4, -0.2) is 57.2 Å². The molecule has 0 amide bonds. The molecular formula is C26H33N5O4S. The first-order valence-electron chi connectivity index (χ1n) is 12.8. The van der Waals surface area contributed by atoms with Gasteiger partial charge in [0.15, 0.2) is 11.6 Å². The maximum absolute atomic E-state index is 13.7. The zero-order valence-electron chi connectivity index (χ0n) is 20.9. The molecule has 3 heterocycles. The van der Waals surface area contributed by atoms with Gasteiger partial charge in [-0.1, -0.05) is 17.8 Å². The Hall–Kier alpha value is -2.85. The van der Waals surface area contributed by atoms with Crippen LogP contribution in [-0.2, 0) is 9.59 Å². The van der Waals surface area contributed by atoms with Gasteiger partial charge in [-0.25, -0.2) is 4.98 Å². The standard InChI is InChI=1S/C26H33N5O4S/c1-16(18-8-6-13-31(18)2)34-20-15-21(35-25-28-12-14-36-25)30-24(29-20)22(27)17-7-5-11-26(23(17)33)10-4-3-9-19(26)32/h12,14-16,18H,3-11,13,27H2,1-2H3/t16-,18-,26+/m0/s1. The lowest BCUT2D eigenvalue weighted by Gasteiger charge is -2.38. The maximum Gasteiger partial charge on any atom is 0.279 e. The van der Waals surface area contributed by atoms with Crippen LogP contribution < -0.4 is 15.2 Å². The Bertz CT molecular complexity index is 1160. The molecule has 1 aliphatic heterocycles. The molecule has 2 aromatic heterocycles. The highest BCUT2D eigenvalue weighted by atomic mass is 32.1. The quantitative estimate of drug-likeness (QED) is 0.450. The number of allylic oxidation sites excluding steroid dienone is 1. The molecule has 192 valence electrons. The van der Waals surface area contributed by atoms with Crippen LogP contribution in [0.25, 0.3) is 5.70 Å². The van der Waals surface area contributed by atoms with Gasteiger partial charge < -0.3 is 15.2 Å². The van der Waals surface area contributed by atoms with E-state index >= 15 is 0 Å². The highest BCUT2D eigenvalue weighted by molar-refractivity contribution is 7.11. The molecule has 3 aliphatic rings. The second-order valence-corrected chi connectivity index (χ2v) is 10.9. The van der Waals surface area contributed by atoms with E-state index in [4.69, 9.17) is 15.2 Å². The van der Waals surface area contributed by atoms with E-state index in [1.165, 1.54) is 11.3 Å². The minimum atomic E-state index is -0.938. The van der Waals surface area contributed by atoms with E-state index in [-0.39, 0.29) is 41.1 Å². The fourth-order valence-corrected chi connectivity index (χ4v) is 6.35. The van der Waals surface area contributed by atoms with Crippen molar-refractivity contribution in [2.45, 2.75) is 76.9 Å². The molecule has 0 radical (unpaired) electrons. The van der Waals surface area contributed by atoms with Gasteiger partial charge in [-0.3, -0.25) is 14.5 Å². The average molecular weight is 512 g/mol. The molecule has 2 saturated carbocycles. The lowest BCUT2D eigenvalue weighted by molar-refractivity contribution is -0.143. The largest absolute Gasteiger partial charge is 0.473 e. The zero-order chi connectivity index (χ0) is 25.3. The van der Waals surface area contributed by atoms with Crippen LogP contribution in [0.2, 0.25) is 0 Å². The number of thiazole rings is 1. The lowest BCUT2D eigenvalue weighted by atomic mass is 9.62. The van der Waals surface area contributed by atoms with Gasteiger partial charge in [-0.05, 0) is 65.5 Å². The van der Waals surface area contributed by atoms with Crippen molar-refractivity contribution in [3.05, 3.63) is 29.0 Å². The summed E-state index contributed by atoms with van der Waals surface area (Å²) in [6.45, 7) is 3.06. The number of Topliss-reactive ketones (excluding diaryl/α,β-unsaturated/α-hetero) is 2. The van der Waals surface area contributed by atoms with Crippen molar-refractivity contribution in [1.29, 1.82) is 0 Å². The Morgan fingerprint density at radius 2 is 1.97 bits per heavy atom. The number of carbonyl (C=O) groups is 2. The molecular weight excluding hydrogens is 478 g/mol. The summed E-state index contributed by atoms with van der Waals surface area (Å²) in [5.41, 5.74) is 6.27. The Labute approximate surface area is 215 Å². The van der Waals surface area contributed by atoms with E-state index in [0.717, 1.165) is 38.6 Å². The lowest BCUT2D eigenvalue weighted by Crippen LogP contribution is -2.45. The maximum atomic E-state index is 13.7. The number of hydrogen-bond acceptors (Lipinski definition) is 10. The second kappa shape index (κ2) is 10.3. The van der Waals surface area contributed by atoms with E-state index in [1.54, 1.807) is 12.3 Å². The van der Waals surface area contributed by atoms with Crippen molar-refractivity contribution >= 4 is 28.6 Å². The van der Waals surface area contributed by atoms with Crippen molar-refractivity contribution in [1.82, 2.24) is 19.9 Å². The third-order valence-corrected chi connectivity index (χ3v) is 8.45. The monoisotopic (exact) mass is 511 g/mol. The van der Waals surface area contributed by atoms with E-state index in [9.17, 15) is 9.59 Å². The summed E-state index contributed by atoms with van der Waals surface area (Å²) < 4.78 is 12.1. The summed E-state index contributed by atoms with van der Waals surface area (Å²) in [6.07, 6.45) is 8.32. The van der Waals surface area contributed by atoms with Crippen LogP contribution >= 0.6 is 11.3 Å². The Morgan fingerprint density at radius 1 is 1.17 bits per heavy atom. The van der Waals surface area contributed by atoms with Crippen molar-refractivity contribution in [2.75, 3.05) is 13.6 Å². The minimum Gasteiger partial charge on any atom is -0.473 e. The molecule has 9 nitrogen and oxygen atoms in total. The van der Waals surface area contributed by atoms with Gasteiger partial charge in [0.25, 0.3) is 5.19 Å². The van der Waals surface area contributed by atoms with Crippen LogP contribution in [0.3, 0.4) is 0 Å². The van der Waals surface area contributed by atoms with Crippen molar-refractivity contribution in [2.24, 2.45) is 11.1 Å². The van der Waals surface area contributed by atoms with E-state index in [2.05, 4.69) is 26.9 Å². The van der Waals surface area contributed by atoms with Crippen molar-refractivity contribution < 1.29 is 19.1 Å². The Morgan fingerprint density at radius 3 is 2.69 bits per heavy atom. The number of aromatic nitrogens is 3. The normalized spacial score (nSPS) is 27.3. The van der Waals surface area contributed by atoms with Crippen LogP contribution in [0.5, 0.6) is 17.0 Å². The number of rotatable bonds is 6. The molecule has 3 fully saturated rings. The summed E-state index contributed by atoms with van der Waals surface area (Å²) in [5.74, 6) is 0.634. The zero-order valence-corrected chi connectivity index (χ0v) is 21.7. The van der Waals surface area contributed by atoms with Crippen LogP contribution in [0.1, 0.15) is 70.5 Å². The van der Waals surface area contributed by atoms with Crippen LogP contribution in [0, 0.1) is 5.41 Å². The number of likely N-dealkylation sites (N-methyl/N-ethyl adjacent to an activating group) is 1. The summed E-state index contributed by atoms with van der Waals surface area (Å²) in [4.78, 5) is 42.1. The first-order valence-corrected chi connectivity index (χ1v) is 13.7. The van der Waals surface area contributed by atoms with Gasteiger partial charge in [-0.2, -0.15) is 9.97 Å². The first kappa shape index (κ1) is 24.8. The SMILES string of the molecule is C[C@H](Oc1cc(Oc2nccs2)nc(C(N)=C2CCC[C@@]3(CCCCC3=O)C2=O)n1)[C@@H]1CCCN1C. The van der Waals surface area contributed by atoms with E-state index < -0.39 is 5.41 Å². The highest BCUT2D eigenvalue weighted by Crippen LogP contribution is 2.45. The summed E-state index contributed by atoms with van der Waals surface area (Å²) >= 11 is 1.34. The predicted molar refractivity (Wildman–Crippen MR) is 136 cm³/mol. The average Bonchev–Trinajstić information content (AvgIpc) is 3.53. The Kier molecular flexibility index (Phi) is 7.07. The van der Waals surface area contributed by atoms with Gasteiger partial charge in [0.05, 0.1) is 17.2 Å². The molecule has 36 heavy (non-hydrogen) atoms. The predicted octanol–water partition coefficient (Wildman–Crippen LogP) is 4.14. The van der Waals surface area contributed by atoms with Crippen LogP contribution in [0.4, 0.5) is 0 Å². The molecule has 5 rings (SSSR count). The smallest absolute Gasteiger partial charge is 0.279 e. The molecule has 0 aromatic carbocycles. The van der Waals surface area contributed by atoms with E-state index in [1.807, 2.05) is 12.3 Å². The third kappa shape index (κ3) is 4.76. The van der Waals surface area contributed by atoms with Gasteiger partial charge in [0.2, 0.25) is 11.8 Å². The first-order chi connectivity index (χ1) is 17.4. The number of nitrogens with zero attached hydrogens (tertiary/aromatic N) is 4. The van der Waals surface area contributed by atoms with Gasteiger partial charge in [0.1, 0.15) is 11.9 Å². The molecule has 2 aromatic rings. The number of ketones is 2. The summed E-state index contributed by atoms with van der Waals surface area (Å²) in [6, 6.07) is 1.91. The molecule has 10 heteroatoms. The fourth-order valence-electron chi connectivity index (χ4n) is 5.86. The van der Waals surface area contributed by atoms with Crippen molar-refractivity contribution in [3.8, 4) is 17.0 Å².